The monoisotopic (exact) mass is 221 g/mol. The maximum Gasteiger partial charge on any atom is 0.227 e. The summed E-state index contributed by atoms with van der Waals surface area (Å²) in [6.07, 6.45) is 0. The van der Waals surface area contributed by atoms with Gasteiger partial charge >= 0.3 is 0 Å². The summed E-state index contributed by atoms with van der Waals surface area (Å²) >= 11 is 1.46. The van der Waals surface area contributed by atoms with Crippen LogP contribution in [-0.4, -0.2) is 11.7 Å². The summed E-state index contributed by atoms with van der Waals surface area (Å²) in [6.45, 7) is 0. The van der Waals surface area contributed by atoms with Gasteiger partial charge in [0.05, 0.1) is 11.5 Å². The number of primary amides is 1. The predicted octanol–water partition coefficient (Wildman–Crippen LogP) is 2.15. The van der Waals surface area contributed by atoms with Crippen LogP contribution in [0.4, 0.5) is 0 Å². The van der Waals surface area contributed by atoms with E-state index in [0.29, 0.717) is 11.5 Å². The van der Waals surface area contributed by atoms with Crippen LogP contribution in [0, 0.1) is 0 Å². The predicted molar refractivity (Wildman–Crippen MR) is 61.6 cm³/mol. The van der Waals surface area contributed by atoms with E-state index in [1.165, 1.54) is 11.8 Å². The molecule has 0 saturated heterocycles. The third kappa shape index (κ3) is 2.53. The third-order valence-electron chi connectivity index (χ3n) is 1.97. The van der Waals surface area contributed by atoms with Crippen LogP contribution in [0.1, 0.15) is 5.76 Å². The van der Waals surface area contributed by atoms with Crippen molar-refractivity contribution >= 4 is 28.6 Å². The van der Waals surface area contributed by atoms with Crippen molar-refractivity contribution in [1.82, 2.24) is 0 Å². The van der Waals surface area contributed by atoms with E-state index >= 15 is 0 Å². The number of thioether (sulfide) groups is 1. The van der Waals surface area contributed by atoms with Gasteiger partial charge in [-0.25, -0.2) is 0 Å². The average Bonchev–Trinajstić information content (AvgIpc) is 2.59. The standard InChI is InChI=1S/C11H11NO2S/c12-11(13)7-15-6-9-5-8-3-1-2-4-10(8)14-9/h1-5H,6-7H2,(H2,12,13). The third-order valence-corrected chi connectivity index (χ3v) is 2.94. The minimum absolute atomic E-state index is 0.295. The molecule has 0 aliphatic rings. The van der Waals surface area contributed by atoms with Gasteiger partial charge in [0.1, 0.15) is 11.3 Å². The number of amides is 1. The molecule has 4 heteroatoms. The van der Waals surface area contributed by atoms with Crippen molar-refractivity contribution in [2.45, 2.75) is 5.75 Å². The van der Waals surface area contributed by atoms with Crippen LogP contribution in [0.2, 0.25) is 0 Å². The van der Waals surface area contributed by atoms with Gasteiger partial charge in [-0.1, -0.05) is 18.2 Å². The number of fused-ring (bicyclic) bond motifs is 1. The number of carbonyl (C=O) groups excluding carboxylic acids is 1. The van der Waals surface area contributed by atoms with Gasteiger partial charge in [-0.05, 0) is 12.1 Å². The second-order valence-corrected chi connectivity index (χ2v) is 4.20. The van der Waals surface area contributed by atoms with Crippen LogP contribution >= 0.6 is 11.8 Å². The molecule has 0 spiro atoms. The Labute approximate surface area is 91.6 Å². The van der Waals surface area contributed by atoms with E-state index in [4.69, 9.17) is 10.2 Å². The summed E-state index contributed by atoms with van der Waals surface area (Å²) in [5.74, 6) is 1.59. The Hall–Kier alpha value is -1.42. The second kappa shape index (κ2) is 4.40. The molecular formula is C11H11NO2S. The molecule has 1 heterocycles. The van der Waals surface area contributed by atoms with Crippen molar-refractivity contribution in [1.29, 1.82) is 0 Å². The van der Waals surface area contributed by atoms with Crippen molar-refractivity contribution < 1.29 is 9.21 Å². The van der Waals surface area contributed by atoms with Crippen molar-refractivity contribution in [3.05, 3.63) is 36.1 Å². The van der Waals surface area contributed by atoms with Gasteiger partial charge in [-0.2, -0.15) is 0 Å². The van der Waals surface area contributed by atoms with Gasteiger partial charge in [0.25, 0.3) is 0 Å². The molecule has 1 amide bonds. The molecule has 2 rings (SSSR count). The molecular weight excluding hydrogens is 210 g/mol. The smallest absolute Gasteiger partial charge is 0.227 e. The van der Waals surface area contributed by atoms with Crippen LogP contribution in [0.3, 0.4) is 0 Å². The summed E-state index contributed by atoms with van der Waals surface area (Å²) in [6, 6.07) is 9.83. The quantitative estimate of drug-likeness (QED) is 0.860. The zero-order chi connectivity index (χ0) is 10.7. The fourth-order valence-corrected chi connectivity index (χ4v) is 2.01. The van der Waals surface area contributed by atoms with Crippen molar-refractivity contribution in [3.8, 4) is 0 Å². The lowest BCUT2D eigenvalue weighted by atomic mass is 10.2. The lowest BCUT2D eigenvalue weighted by Gasteiger charge is -1.93. The van der Waals surface area contributed by atoms with E-state index in [1.54, 1.807) is 0 Å². The fraction of sp³-hybridized carbons (Fsp3) is 0.182. The summed E-state index contributed by atoms with van der Waals surface area (Å²) in [4.78, 5) is 10.5. The van der Waals surface area contributed by atoms with Gasteiger partial charge in [0.15, 0.2) is 0 Å². The maximum atomic E-state index is 10.5. The van der Waals surface area contributed by atoms with Crippen molar-refractivity contribution in [2.75, 3.05) is 5.75 Å². The Morgan fingerprint density at radius 1 is 1.40 bits per heavy atom. The molecule has 0 aliphatic carbocycles. The van der Waals surface area contributed by atoms with Crippen molar-refractivity contribution in [2.24, 2.45) is 5.73 Å². The highest BCUT2D eigenvalue weighted by Crippen LogP contribution is 2.22. The minimum atomic E-state index is -0.295. The van der Waals surface area contributed by atoms with Crippen LogP contribution < -0.4 is 5.73 Å². The van der Waals surface area contributed by atoms with Gasteiger partial charge in [0, 0.05) is 5.39 Å². The second-order valence-electron chi connectivity index (χ2n) is 3.21. The highest BCUT2D eigenvalue weighted by Gasteiger charge is 2.03. The summed E-state index contributed by atoms with van der Waals surface area (Å²) in [7, 11) is 0. The number of nitrogens with two attached hydrogens (primary N) is 1. The van der Waals surface area contributed by atoms with Gasteiger partial charge in [-0.15, -0.1) is 11.8 Å². The zero-order valence-corrected chi connectivity index (χ0v) is 8.92. The Morgan fingerprint density at radius 2 is 2.20 bits per heavy atom. The van der Waals surface area contributed by atoms with Crippen LogP contribution in [0.15, 0.2) is 34.7 Å². The largest absolute Gasteiger partial charge is 0.460 e. The SMILES string of the molecule is NC(=O)CSCc1cc2ccccc2o1. The first kappa shape index (κ1) is 10.1. The number of para-hydroxylation sites is 1. The number of hydrogen-bond acceptors (Lipinski definition) is 3. The first-order chi connectivity index (χ1) is 7.25. The van der Waals surface area contributed by atoms with E-state index in [2.05, 4.69) is 0 Å². The summed E-state index contributed by atoms with van der Waals surface area (Å²) in [5, 5.41) is 1.09. The molecule has 2 N–H and O–H groups in total. The van der Waals surface area contributed by atoms with Crippen LogP contribution in [-0.2, 0) is 10.5 Å². The molecule has 0 saturated carbocycles. The molecule has 3 nitrogen and oxygen atoms in total. The molecule has 1 aromatic heterocycles. The molecule has 0 unspecified atom stereocenters. The topological polar surface area (TPSA) is 56.2 Å². The highest BCUT2D eigenvalue weighted by molar-refractivity contribution is 7.99. The number of furan rings is 1. The molecule has 0 atom stereocenters. The number of hydrogen-bond donors (Lipinski definition) is 1. The number of benzene rings is 1. The van der Waals surface area contributed by atoms with Crippen LogP contribution in [0.5, 0.6) is 0 Å². The van der Waals surface area contributed by atoms with E-state index in [-0.39, 0.29) is 5.91 Å². The molecule has 0 aliphatic heterocycles. The van der Waals surface area contributed by atoms with E-state index in [9.17, 15) is 4.79 Å². The van der Waals surface area contributed by atoms with E-state index in [1.807, 2.05) is 30.3 Å². The first-order valence-electron chi connectivity index (χ1n) is 4.59. The first-order valence-corrected chi connectivity index (χ1v) is 5.74. The number of carbonyl (C=O) groups is 1. The molecule has 78 valence electrons. The molecule has 0 radical (unpaired) electrons. The molecule has 1 aromatic carbocycles. The van der Waals surface area contributed by atoms with E-state index < -0.39 is 0 Å². The Balaban J connectivity index is 2.05. The normalized spacial score (nSPS) is 10.7. The Bertz CT molecular complexity index is 445. The van der Waals surface area contributed by atoms with Crippen molar-refractivity contribution in [3.63, 3.8) is 0 Å². The van der Waals surface area contributed by atoms with Gasteiger partial charge in [0.2, 0.25) is 5.91 Å². The van der Waals surface area contributed by atoms with Crippen LogP contribution in [0.25, 0.3) is 11.0 Å². The highest BCUT2D eigenvalue weighted by atomic mass is 32.2. The Morgan fingerprint density at radius 3 is 2.93 bits per heavy atom. The average molecular weight is 221 g/mol. The summed E-state index contributed by atoms with van der Waals surface area (Å²) < 4.78 is 5.58. The number of rotatable bonds is 4. The minimum Gasteiger partial charge on any atom is -0.460 e. The van der Waals surface area contributed by atoms with Gasteiger partial charge < -0.3 is 10.2 Å². The van der Waals surface area contributed by atoms with E-state index in [0.717, 1.165) is 16.7 Å². The lowest BCUT2D eigenvalue weighted by molar-refractivity contribution is -0.115. The Kier molecular flexibility index (Phi) is 2.97. The zero-order valence-electron chi connectivity index (χ0n) is 8.10. The summed E-state index contributed by atoms with van der Waals surface area (Å²) in [5.41, 5.74) is 5.92. The fourth-order valence-electron chi connectivity index (χ4n) is 1.36. The molecule has 0 fully saturated rings. The van der Waals surface area contributed by atoms with Gasteiger partial charge in [-0.3, -0.25) is 4.79 Å². The molecule has 0 bridgehead atoms. The molecule has 15 heavy (non-hydrogen) atoms. The lowest BCUT2D eigenvalue weighted by Crippen LogP contribution is -2.13. The molecule has 2 aromatic rings. The maximum absolute atomic E-state index is 10.5.